The predicted octanol–water partition coefficient (Wildman–Crippen LogP) is 7.43. The summed E-state index contributed by atoms with van der Waals surface area (Å²) >= 11 is 0. The molecule has 0 N–H and O–H groups in total. The topological polar surface area (TPSA) is 129 Å². The second-order valence-electron chi connectivity index (χ2n) is 14.4. The molecule has 0 bridgehead atoms. The van der Waals surface area contributed by atoms with Gasteiger partial charge in [-0.2, -0.15) is 5.32 Å². The number of nitrogens with zero attached hydrogens (tertiary/aromatic N) is 6. The van der Waals surface area contributed by atoms with Crippen molar-refractivity contribution in [3.05, 3.63) is 39.6 Å². The summed E-state index contributed by atoms with van der Waals surface area (Å²) in [5.41, 5.74) is -4.51. The summed E-state index contributed by atoms with van der Waals surface area (Å²) in [7, 11) is 4.63. The van der Waals surface area contributed by atoms with Crippen LogP contribution in [0.1, 0.15) is 113 Å². The van der Waals surface area contributed by atoms with Gasteiger partial charge < -0.3 is 39.4 Å². The van der Waals surface area contributed by atoms with E-state index in [-0.39, 0.29) is 28.6 Å². The van der Waals surface area contributed by atoms with E-state index in [1.807, 2.05) is 10.8 Å². The van der Waals surface area contributed by atoms with Crippen LogP contribution in [0.4, 0.5) is 11.5 Å². The van der Waals surface area contributed by atoms with Crippen molar-refractivity contribution in [3.8, 4) is 0 Å². The van der Waals surface area contributed by atoms with Crippen molar-refractivity contribution < 1.29 is 45.3 Å². The Balaban J connectivity index is 0.0000101. The molecule has 0 unspecified atom stereocenters. The molecule has 11 heteroatoms. The molecule has 45 heavy (non-hydrogen) atoms. The van der Waals surface area contributed by atoms with Crippen LogP contribution >= 0.6 is 0 Å². The molecule has 1 aliphatic rings. The van der Waals surface area contributed by atoms with Gasteiger partial charge in [0.25, 0.3) is 0 Å². The molecule has 0 aromatic carbocycles. The largest absolute Gasteiger partial charge is 0.643 e. The number of aryl methyl sites for hydroxylation is 1. The van der Waals surface area contributed by atoms with Gasteiger partial charge in [-0.3, -0.25) is 4.79 Å². The fraction of sp³-hybridized carbons (Fsp3) is 0.735. The molecular formula is C34H56MnN6O4-2. The number of fused-ring (bicyclic) bond motifs is 1. The summed E-state index contributed by atoms with van der Waals surface area (Å²) in [6, 6.07) is 3.37. The maximum Gasteiger partial charge on any atom is 0.235 e. The zero-order valence-corrected chi connectivity index (χ0v) is 30.3. The van der Waals surface area contributed by atoms with Gasteiger partial charge in [-0.15, -0.1) is 0 Å². The third-order valence-corrected chi connectivity index (χ3v) is 8.36. The van der Waals surface area contributed by atoms with E-state index in [0.29, 0.717) is 6.54 Å². The molecule has 0 aliphatic carbocycles. The fourth-order valence-corrected chi connectivity index (χ4v) is 4.98. The van der Waals surface area contributed by atoms with Crippen LogP contribution in [0.3, 0.4) is 0 Å². The fourth-order valence-electron chi connectivity index (χ4n) is 4.98. The monoisotopic (exact) mass is 667 g/mol. The molecule has 0 saturated carbocycles. The van der Waals surface area contributed by atoms with E-state index >= 15 is 0 Å². The van der Waals surface area contributed by atoms with Gasteiger partial charge in [0, 0.05) is 41.1 Å². The van der Waals surface area contributed by atoms with E-state index in [0.717, 1.165) is 36.7 Å². The molecule has 1 aromatic heterocycles. The van der Waals surface area contributed by atoms with Crippen LogP contribution in [0.2, 0.25) is 0 Å². The number of hydrogen-bond donors (Lipinski definition) is 0. The first kappa shape index (κ1) is 40.5. The number of hydrogen-bond acceptors (Lipinski definition) is 4. The average Bonchev–Trinajstić information content (AvgIpc) is 2.92. The van der Waals surface area contributed by atoms with Crippen molar-refractivity contribution in [1.82, 2.24) is 0 Å². The van der Waals surface area contributed by atoms with Crippen LogP contribution in [0, 0.1) is 5.41 Å². The predicted molar refractivity (Wildman–Crippen MR) is 175 cm³/mol. The van der Waals surface area contributed by atoms with Crippen LogP contribution in [0.15, 0.2) is 18.3 Å². The molecule has 1 radical (unpaired) electrons. The minimum Gasteiger partial charge on any atom is -0.643 e. The number of rotatable bonds is 14. The number of pyridine rings is 1. The maximum absolute atomic E-state index is 13.4. The van der Waals surface area contributed by atoms with Gasteiger partial charge in [-0.05, 0) is 57.6 Å². The molecule has 1 aromatic rings. The van der Waals surface area contributed by atoms with E-state index in [2.05, 4.69) is 42.3 Å². The van der Waals surface area contributed by atoms with Crippen molar-refractivity contribution in [2.45, 2.75) is 130 Å². The smallest absolute Gasteiger partial charge is 0.235 e. The Labute approximate surface area is 282 Å². The Morgan fingerprint density at radius 2 is 1.13 bits per heavy atom. The number of amides is 4. The van der Waals surface area contributed by atoms with Gasteiger partial charge >= 0.3 is 0 Å². The van der Waals surface area contributed by atoms with Crippen molar-refractivity contribution in [1.29, 1.82) is 0 Å². The van der Waals surface area contributed by atoms with E-state index in [1.165, 1.54) is 86.6 Å². The van der Waals surface area contributed by atoms with Crippen molar-refractivity contribution >= 4 is 35.1 Å². The van der Waals surface area contributed by atoms with Crippen LogP contribution in [0.25, 0.3) is 21.3 Å². The Morgan fingerprint density at radius 1 is 0.667 bits per heavy atom. The number of aromatic nitrogens is 1. The van der Waals surface area contributed by atoms with E-state index in [4.69, 9.17) is 0 Å². The van der Waals surface area contributed by atoms with Crippen molar-refractivity contribution in [2.24, 2.45) is 5.41 Å². The molecule has 0 atom stereocenters. The first-order valence-electron chi connectivity index (χ1n) is 16.3. The molecule has 10 nitrogen and oxygen atoms in total. The van der Waals surface area contributed by atoms with E-state index < -0.39 is 40.1 Å². The molecule has 0 saturated heterocycles. The second-order valence-corrected chi connectivity index (χ2v) is 14.4. The average molecular weight is 668 g/mol. The summed E-state index contributed by atoms with van der Waals surface area (Å²) in [6.45, 7) is 13.9. The van der Waals surface area contributed by atoms with Gasteiger partial charge in [-0.25, -0.2) is 0 Å². The molecule has 4 amide bonds. The van der Waals surface area contributed by atoms with Crippen LogP contribution < -0.4 is 4.57 Å². The first-order chi connectivity index (χ1) is 20.4. The minimum absolute atomic E-state index is 0. The van der Waals surface area contributed by atoms with Crippen molar-refractivity contribution in [2.75, 3.05) is 27.2 Å². The molecule has 2 rings (SSSR count). The third-order valence-electron chi connectivity index (χ3n) is 8.36. The van der Waals surface area contributed by atoms with Gasteiger partial charge in [0.05, 0.1) is 39.0 Å². The minimum atomic E-state index is -1.65. The summed E-state index contributed by atoms with van der Waals surface area (Å²) in [5.74, 6) is -2.72. The van der Waals surface area contributed by atoms with Crippen LogP contribution in [-0.4, -0.2) is 66.4 Å². The maximum atomic E-state index is 13.4. The van der Waals surface area contributed by atoms with E-state index in [9.17, 15) is 19.2 Å². The third kappa shape index (κ3) is 12.3. The normalized spacial score (nSPS) is 18.1. The number of unbranched alkanes of at least 4 members (excludes halogenated alkanes) is 8. The Morgan fingerprint density at radius 3 is 1.67 bits per heavy atom. The SMILES string of the molecule is CCCCCCCC[N+](C)(C)CCCCCC[n+]1cccc2c1[N-]C(=O)C(C)(C)[N-]C(=O)C(C)(C)C(=O)[N-]C(C)(C)C(=O)[N-]2.[Mn]. The second kappa shape index (κ2) is 17.4. The number of quaternary nitrogens is 1. The quantitative estimate of drug-likeness (QED) is 0.0672. The zero-order chi connectivity index (χ0) is 33.2. The zero-order valence-electron chi connectivity index (χ0n) is 29.1. The van der Waals surface area contributed by atoms with Crippen LogP contribution in [-0.2, 0) is 42.8 Å². The summed E-state index contributed by atoms with van der Waals surface area (Å²) < 4.78 is 2.86. The Bertz CT molecular complexity index is 1170. The van der Waals surface area contributed by atoms with Gasteiger partial charge in [0.15, 0.2) is 0 Å². The molecular weight excluding hydrogens is 611 g/mol. The van der Waals surface area contributed by atoms with E-state index in [1.54, 1.807) is 12.1 Å². The Kier molecular flexibility index (Phi) is 15.7. The molecule has 2 heterocycles. The number of carbonyl (C=O) groups excluding carboxylic acids is 4. The van der Waals surface area contributed by atoms with Gasteiger partial charge in [0.1, 0.15) is 5.82 Å². The Hall–Kier alpha value is -2.49. The molecule has 0 fully saturated rings. The molecule has 0 spiro atoms. The standard InChI is InChI=1S/C34H58N6O4.Mn/c1-10-11-12-13-15-18-24-40(8,9)25-19-16-14-17-22-39-23-20-21-26-27(39)36-31(44)34(6,7)38-29(42)32(2,3)28(41)37-33(4,5)30(43)35-26;/h20-21,23H,10-19,22,24-25H2,1-9H3,(H2-,35,37,38,41,42,43);/p-2. The summed E-state index contributed by atoms with van der Waals surface area (Å²) in [6.07, 6.45) is 13.8. The first-order valence-corrected chi connectivity index (χ1v) is 16.3. The van der Waals surface area contributed by atoms with Gasteiger partial charge in [-0.1, -0.05) is 84.0 Å². The van der Waals surface area contributed by atoms with Gasteiger partial charge in [0.2, 0.25) is 5.91 Å². The number of carbonyl (C=O) groups is 4. The van der Waals surface area contributed by atoms with Crippen molar-refractivity contribution in [3.63, 3.8) is 0 Å². The molecule has 1 aliphatic heterocycles. The van der Waals surface area contributed by atoms with Crippen LogP contribution in [0.5, 0.6) is 0 Å². The summed E-state index contributed by atoms with van der Waals surface area (Å²) in [5, 5.41) is 16.8. The molecule has 255 valence electrons. The summed E-state index contributed by atoms with van der Waals surface area (Å²) in [4.78, 5) is 52.7.